The number of rotatable bonds is 6. The second-order valence-electron chi connectivity index (χ2n) is 6.25. The van der Waals surface area contributed by atoms with E-state index in [1.807, 2.05) is 24.3 Å². The molecule has 0 saturated heterocycles. The maximum absolute atomic E-state index is 12.4. The van der Waals surface area contributed by atoms with Crippen LogP contribution in [0.3, 0.4) is 0 Å². The van der Waals surface area contributed by atoms with Crippen LogP contribution in [0.1, 0.15) is 11.1 Å². The molecule has 142 valence electrons. The highest BCUT2D eigenvalue weighted by molar-refractivity contribution is 7.99. The number of nitrogens with zero attached hydrogens (tertiary/aromatic N) is 1. The van der Waals surface area contributed by atoms with Crippen LogP contribution in [0.5, 0.6) is 0 Å². The number of fused-ring (bicyclic) bond motifs is 1. The standard InChI is InChI=1S/C19H19F2N3O2S/c20-19(21)27-15-7-5-14(6-8-15)23-17(25)11-24-10-13-4-2-1-3-12(13)9-16(24)18(22)26/h1-8,16,19H,9-11H2,(H2,22,26)(H,23,25)/t16-/m0/s1. The lowest BCUT2D eigenvalue weighted by Gasteiger charge is -2.34. The molecule has 1 aliphatic rings. The third kappa shape index (κ3) is 5.05. The summed E-state index contributed by atoms with van der Waals surface area (Å²) in [5.74, 6) is -3.25. The van der Waals surface area contributed by atoms with Gasteiger partial charge in [-0.2, -0.15) is 8.78 Å². The van der Waals surface area contributed by atoms with E-state index in [1.54, 1.807) is 17.0 Å². The molecule has 2 aromatic rings. The highest BCUT2D eigenvalue weighted by atomic mass is 32.2. The van der Waals surface area contributed by atoms with E-state index in [4.69, 9.17) is 5.73 Å². The number of benzene rings is 2. The Hall–Kier alpha value is -2.45. The molecule has 0 radical (unpaired) electrons. The number of primary amides is 1. The maximum atomic E-state index is 12.4. The first kappa shape index (κ1) is 19.3. The van der Waals surface area contributed by atoms with Gasteiger partial charge in [0.1, 0.15) is 0 Å². The molecule has 3 N–H and O–H groups in total. The maximum Gasteiger partial charge on any atom is 0.288 e. The molecule has 0 saturated carbocycles. The summed E-state index contributed by atoms with van der Waals surface area (Å²) >= 11 is 0.446. The van der Waals surface area contributed by atoms with Gasteiger partial charge in [-0.1, -0.05) is 36.0 Å². The van der Waals surface area contributed by atoms with E-state index in [0.29, 0.717) is 35.3 Å². The summed E-state index contributed by atoms with van der Waals surface area (Å²) in [6.45, 7) is 0.469. The van der Waals surface area contributed by atoms with Gasteiger partial charge in [-0.15, -0.1) is 0 Å². The number of nitrogens with two attached hydrogens (primary N) is 1. The molecule has 0 bridgehead atoms. The molecule has 1 aliphatic heterocycles. The van der Waals surface area contributed by atoms with Gasteiger partial charge in [0.05, 0.1) is 12.6 Å². The van der Waals surface area contributed by atoms with Crippen molar-refractivity contribution in [1.29, 1.82) is 0 Å². The lowest BCUT2D eigenvalue weighted by atomic mass is 9.93. The molecule has 27 heavy (non-hydrogen) atoms. The second kappa shape index (κ2) is 8.49. The Labute approximate surface area is 159 Å². The molecule has 0 aliphatic carbocycles. The zero-order valence-corrected chi connectivity index (χ0v) is 15.2. The Kier molecular flexibility index (Phi) is 6.08. The van der Waals surface area contributed by atoms with Crippen LogP contribution in [0.2, 0.25) is 0 Å². The van der Waals surface area contributed by atoms with Gasteiger partial charge in [0.2, 0.25) is 11.8 Å². The highest BCUT2D eigenvalue weighted by Gasteiger charge is 2.31. The van der Waals surface area contributed by atoms with Crippen molar-refractivity contribution in [1.82, 2.24) is 4.90 Å². The number of carbonyl (C=O) groups excluding carboxylic acids is 2. The van der Waals surface area contributed by atoms with Gasteiger partial charge in [0, 0.05) is 17.1 Å². The average molecular weight is 391 g/mol. The van der Waals surface area contributed by atoms with E-state index in [-0.39, 0.29) is 12.5 Å². The lowest BCUT2D eigenvalue weighted by Crippen LogP contribution is -2.50. The molecule has 0 fully saturated rings. The summed E-state index contributed by atoms with van der Waals surface area (Å²) in [5.41, 5.74) is 8.16. The van der Waals surface area contributed by atoms with Gasteiger partial charge in [0.25, 0.3) is 5.76 Å². The molecule has 2 aromatic carbocycles. The molecular formula is C19H19F2N3O2S. The molecular weight excluding hydrogens is 372 g/mol. The van der Waals surface area contributed by atoms with Crippen LogP contribution in [-0.4, -0.2) is 35.1 Å². The largest absolute Gasteiger partial charge is 0.368 e. The molecule has 0 spiro atoms. The summed E-state index contributed by atoms with van der Waals surface area (Å²) in [7, 11) is 0. The van der Waals surface area contributed by atoms with Crippen molar-refractivity contribution in [2.24, 2.45) is 5.73 Å². The quantitative estimate of drug-likeness (QED) is 0.743. The smallest absolute Gasteiger partial charge is 0.288 e. The van der Waals surface area contributed by atoms with E-state index >= 15 is 0 Å². The van der Waals surface area contributed by atoms with Crippen molar-refractivity contribution in [3.8, 4) is 0 Å². The minimum absolute atomic E-state index is 0.00940. The number of hydrogen-bond donors (Lipinski definition) is 2. The average Bonchev–Trinajstić information content (AvgIpc) is 2.62. The zero-order valence-electron chi connectivity index (χ0n) is 14.4. The fourth-order valence-electron chi connectivity index (χ4n) is 3.13. The number of halogens is 2. The van der Waals surface area contributed by atoms with E-state index in [2.05, 4.69) is 5.32 Å². The number of alkyl halides is 2. The molecule has 0 aromatic heterocycles. The third-order valence-corrected chi connectivity index (χ3v) is 5.11. The molecule has 3 rings (SSSR count). The van der Waals surface area contributed by atoms with Crippen LogP contribution in [0.15, 0.2) is 53.4 Å². The first-order valence-corrected chi connectivity index (χ1v) is 9.25. The number of amides is 2. The molecule has 1 atom stereocenters. The number of anilines is 1. The van der Waals surface area contributed by atoms with E-state index in [9.17, 15) is 18.4 Å². The summed E-state index contributed by atoms with van der Waals surface area (Å²) < 4.78 is 24.7. The zero-order chi connectivity index (χ0) is 19.4. The fourth-order valence-corrected chi connectivity index (χ4v) is 3.63. The molecule has 0 unspecified atom stereocenters. The summed E-state index contributed by atoms with van der Waals surface area (Å²) in [4.78, 5) is 26.4. The van der Waals surface area contributed by atoms with Crippen LogP contribution in [0, 0.1) is 0 Å². The molecule has 5 nitrogen and oxygen atoms in total. The number of hydrogen-bond acceptors (Lipinski definition) is 4. The van der Waals surface area contributed by atoms with Crippen LogP contribution in [0.4, 0.5) is 14.5 Å². The topological polar surface area (TPSA) is 75.4 Å². The van der Waals surface area contributed by atoms with Crippen LogP contribution in [0.25, 0.3) is 0 Å². The number of nitrogens with one attached hydrogen (secondary N) is 1. The first-order chi connectivity index (χ1) is 12.9. The van der Waals surface area contributed by atoms with Crippen molar-refractivity contribution in [2.45, 2.75) is 29.7 Å². The molecule has 1 heterocycles. The van der Waals surface area contributed by atoms with E-state index < -0.39 is 17.7 Å². The van der Waals surface area contributed by atoms with Gasteiger partial charge in [-0.3, -0.25) is 14.5 Å². The predicted molar refractivity (Wildman–Crippen MR) is 100 cm³/mol. The fraction of sp³-hybridized carbons (Fsp3) is 0.263. The SMILES string of the molecule is NC(=O)[C@@H]1Cc2ccccc2CN1CC(=O)Nc1ccc(SC(F)F)cc1. The summed E-state index contributed by atoms with van der Waals surface area (Å²) in [5, 5.41) is 2.72. The van der Waals surface area contributed by atoms with Crippen molar-refractivity contribution < 1.29 is 18.4 Å². The van der Waals surface area contributed by atoms with Crippen molar-refractivity contribution >= 4 is 29.3 Å². The Morgan fingerprint density at radius 2 is 1.81 bits per heavy atom. The van der Waals surface area contributed by atoms with Crippen molar-refractivity contribution in [3.05, 3.63) is 59.7 Å². The Bertz CT molecular complexity index is 830. The predicted octanol–water partition coefficient (Wildman–Crippen LogP) is 2.85. The minimum atomic E-state index is -2.49. The summed E-state index contributed by atoms with van der Waals surface area (Å²) in [6, 6.07) is 13.4. The van der Waals surface area contributed by atoms with Crippen molar-refractivity contribution in [2.75, 3.05) is 11.9 Å². The van der Waals surface area contributed by atoms with Gasteiger partial charge in [-0.05, 0) is 41.8 Å². The third-order valence-electron chi connectivity index (χ3n) is 4.38. The molecule has 2 amide bonds. The Morgan fingerprint density at radius 1 is 1.15 bits per heavy atom. The van der Waals surface area contributed by atoms with Gasteiger partial charge in [0.15, 0.2) is 0 Å². The lowest BCUT2D eigenvalue weighted by molar-refractivity contribution is -0.125. The van der Waals surface area contributed by atoms with Crippen LogP contribution in [-0.2, 0) is 22.6 Å². The van der Waals surface area contributed by atoms with Crippen LogP contribution < -0.4 is 11.1 Å². The van der Waals surface area contributed by atoms with Gasteiger partial charge in [-0.25, -0.2) is 0 Å². The number of carbonyl (C=O) groups is 2. The highest BCUT2D eigenvalue weighted by Crippen LogP contribution is 2.26. The first-order valence-electron chi connectivity index (χ1n) is 8.37. The van der Waals surface area contributed by atoms with Gasteiger partial charge < -0.3 is 11.1 Å². The molecule has 8 heteroatoms. The van der Waals surface area contributed by atoms with Gasteiger partial charge >= 0.3 is 0 Å². The Morgan fingerprint density at radius 3 is 2.44 bits per heavy atom. The summed E-state index contributed by atoms with van der Waals surface area (Å²) in [6.07, 6.45) is 0.471. The second-order valence-corrected chi connectivity index (χ2v) is 7.31. The monoisotopic (exact) mass is 391 g/mol. The van der Waals surface area contributed by atoms with E-state index in [1.165, 1.54) is 12.1 Å². The van der Waals surface area contributed by atoms with E-state index in [0.717, 1.165) is 11.1 Å². The normalized spacial score (nSPS) is 16.8. The minimum Gasteiger partial charge on any atom is -0.368 e. The van der Waals surface area contributed by atoms with Crippen molar-refractivity contribution in [3.63, 3.8) is 0 Å². The number of thioether (sulfide) groups is 1. The van der Waals surface area contributed by atoms with Crippen LogP contribution >= 0.6 is 11.8 Å². The Balaban J connectivity index is 1.64.